The molecule has 0 bridgehead atoms. The molecule has 0 saturated carbocycles. The molecule has 0 saturated heterocycles. The van der Waals surface area contributed by atoms with Crippen LogP contribution < -0.4 is 0 Å². The largest absolute Gasteiger partial charge is 0.282 e. The molecule has 0 fully saturated rings. The predicted octanol–water partition coefficient (Wildman–Crippen LogP) is 4.38. The quantitative estimate of drug-likeness (QED) is 0.563. The lowest BCUT2D eigenvalue weighted by molar-refractivity contribution is 1.33. The molecule has 1 nitrogen and oxygen atoms in total. The first-order chi connectivity index (χ1) is 6.36. The Bertz CT molecular complexity index is 426. The summed E-state index contributed by atoms with van der Waals surface area (Å²) >= 11 is 5.80. The molecule has 0 unspecified atom stereocenters. The van der Waals surface area contributed by atoms with Gasteiger partial charge in [0.05, 0.1) is 5.52 Å². The van der Waals surface area contributed by atoms with Crippen molar-refractivity contribution in [1.82, 2.24) is 3.97 Å². The van der Waals surface area contributed by atoms with Crippen molar-refractivity contribution in [2.75, 3.05) is 0 Å². The molecule has 0 atom stereocenters. The third-order valence-electron chi connectivity index (χ3n) is 1.98. The average molecular weight is 368 g/mol. The Labute approximate surface area is 102 Å². The van der Waals surface area contributed by atoms with E-state index in [-0.39, 0.29) is 0 Å². The topological polar surface area (TPSA) is 4.93 Å². The van der Waals surface area contributed by atoms with E-state index in [9.17, 15) is 0 Å². The van der Waals surface area contributed by atoms with Gasteiger partial charge < -0.3 is 0 Å². The molecule has 0 N–H and O–H groups in total. The molecule has 0 amide bonds. The molecule has 2 aromatic rings. The van der Waals surface area contributed by atoms with Crippen molar-refractivity contribution in [1.29, 1.82) is 0 Å². The molecule has 2 rings (SSSR count). The van der Waals surface area contributed by atoms with E-state index in [2.05, 4.69) is 71.6 Å². The molecule has 1 aromatic heterocycles. The first-order valence-corrected chi connectivity index (χ1v) is 8.24. The third kappa shape index (κ3) is 1.76. The number of para-hydroxylation sites is 1. The standard InChI is InChI=1S/C9H7BrINS/c10-6-8-3-1-2-7-4-5-12(13-11)9(7)8/h1-5H,6H2. The zero-order valence-corrected chi connectivity index (χ0v) is 11.3. The van der Waals surface area contributed by atoms with E-state index in [4.69, 9.17) is 0 Å². The van der Waals surface area contributed by atoms with Crippen LogP contribution in [0.4, 0.5) is 0 Å². The van der Waals surface area contributed by atoms with Crippen molar-refractivity contribution in [2.45, 2.75) is 5.33 Å². The molecule has 13 heavy (non-hydrogen) atoms. The zero-order valence-electron chi connectivity index (χ0n) is 6.71. The highest BCUT2D eigenvalue weighted by Gasteiger charge is 2.04. The summed E-state index contributed by atoms with van der Waals surface area (Å²) in [4.78, 5) is 0. The predicted molar refractivity (Wildman–Crippen MR) is 71.6 cm³/mol. The molecule has 0 spiro atoms. The van der Waals surface area contributed by atoms with Crippen LogP contribution in [0.5, 0.6) is 0 Å². The van der Waals surface area contributed by atoms with Gasteiger partial charge in [-0.25, -0.2) is 0 Å². The van der Waals surface area contributed by atoms with Crippen LogP contribution in [0.2, 0.25) is 0 Å². The van der Waals surface area contributed by atoms with E-state index in [0.717, 1.165) is 5.33 Å². The normalized spacial score (nSPS) is 10.9. The first-order valence-electron chi connectivity index (χ1n) is 3.81. The van der Waals surface area contributed by atoms with Gasteiger partial charge in [0.25, 0.3) is 0 Å². The van der Waals surface area contributed by atoms with Crippen LogP contribution in [-0.2, 0) is 5.33 Å². The molecule has 1 heterocycles. The van der Waals surface area contributed by atoms with Crippen LogP contribution in [0.15, 0.2) is 30.5 Å². The first kappa shape index (κ1) is 9.86. The fourth-order valence-corrected chi connectivity index (χ4v) is 3.24. The summed E-state index contributed by atoms with van der Waals surface area (Å²) in [7, 11) is 1.70. The molecule has 0 radical (unpaired) electrons. The zero-order chi connectivity index (χ0) is 9.26. The van der Waals surface area contributed by atoms with E-state index in [1.54, 1.807) is 9.12 Å². The molecule has 68 valence electrons. The summed E-state index contributed by atoms with van der Waals surface area (Å²) < 4.78 is 2.19. The van der Waals surface area contributed by atoms with E-state index >= 15 is 0 Å². The third-order valence-corrected chi connectivity index (χ3v) is 4.31. The average Bonchev–Trinajstić information content (AvgIpc) is 2.60. The summed E-state index contributed by atoms with van der Waals surface area (Å²) in [6, 6.07) is 8.54. The highest BCUT2D eigenvalue weighted by atomic mass is 127. The van der Waals surface area contributed by atoms with Gasteiger partial charge in [0.2, 0.25) is 0 Å². The van der Waals surface area contributed by atoms with Crippen LogP contribution in [-0.4, -0.2) is 3.97 Å². The maximum absolute atomic E-state index is 3.50. The number of hydrogen-bond acceptors (Lipinski definition) is 1. The second kappa shape index (κ2) is 4.23. The lowest BCUT2D eigenvalue weighted by atomic mass is 10.2. The second-order valence-corrected chi connectivity index (χ2v) is 4.97. The Morgan fingerprint density at radius 3 is 2.92 bits per heavy atom. The van der Waals surface area contributed by atoms with Crippen molar-refractivity contribution in [2.24, 2.45) is 0 Å². The number of fused-ring (bicyclic) bond motifs is 1. The second-order valence-electron chi connectivity index (χ2n) is 2.70. The van der Waals surface area contributed by atoms with Gasteiger partial charge in [0.15, 0.2) is 0 Å². The van der Waals surface area contributed by atoms with Gasteiger partial charge in [-0.05, 0) is 11.6 Å². The fraction of sp³-hybridized carbons (Fsp3) is 0.111. The molecular formula is C9H7BrINS. The van der Waals surface area contributed by atoms with Gasteiger partial charge in [0.1, 0.15) is 0 Å². The van der Waals surface area contributed by atoms with Crippen molar-refractivity contribution >= 4 is 57.2 Å². The van der Waals surface area contributed by atoms with Crippen LogP contribution in [0.3, 0.4) is 0 Å². The van der Waals surface area contributed by atoms with Crippen molar-refractivity contribution in [3.05, 3.63) is 36.0 Å². The lowest BCUT2D eigenvalue weighted by Gasteiger charge is -2.02. The van der Waals surface area contributed by atoms with E-state index < -0.39 is 0 Å². The molecule has 0 aliphatic heterocycles. The van der Waals surface area contributed by atoms with Crippen LogP contribution >= 0.6 is 46.3 Å². The highest BCUT2D eigenvalue weighted by Crippen LogP contribution is 2.28. The van der Waals surface area contributed by atoms with E-state index in [1.165, 1.54) is 16.5 Å². The van der Waals surface area contributed by atoms with Gasteiger partial charge >= 0.3 is 0 Å². The van der Waals surface area contributed by atoms with Crippen LogP contribution in [0.1, 0.15) is 5.56 Å². The van der Waals surface area contributed by atoms with Gasteiger partial charge in [-0.1, -0.05) is 34.1 Å². The van der Waals surface area contributed by atoms with Gasteiger partial charge in [-0.2, -0.15) is 0 Å². The summed E-state index contributed by atoms with van der Waals surface area (Å²) in [5.41, 5.74) is 2.66. The smallest absolute Gasteiger partial charge is 0.0639 e. The monoisotopic (exact) mass is 367 g/mol. The summed E-state index contributed by atoms with van der Waals surface area (Å²) in [6.45, 7) is 0. The Hall–Kier alpha value is 0.320. The number of hydrogen-bond donors (Lipinski definition) is 0. The Morgan fingerprint density at radius 2 is 2.23 bits per heavy atom. The molecule has 4 heteroatoms. The SMILES string of the molecule is BrCc1cccc2ccn(SI)c12. The lowest BCUT2D eigenvalue weighted by Crippen LogP contribution is -1.85. The maximum Gasteiger partial charge on any atom is 0.0639 e. The van der Waals surface area contributed by atoms with Crippen molar-refractivity contribution < 1.29 is 0 Å². The van der Waals surface area contributed by atoms with Crippen molar-refractivity contribution in [3.63, 3.8) is 0 Å². The molecular weight excluding hydrogens is 361 g/mol. The Morgan fingerprint density at radius 1 is 1.38 bits per heavy atom. The fourth-order valence-electron chi connectivity index (χ4n) is 1.40. The number of halogens is 2. The molecule has 1 aromatic carbocycles. The highest BCUT2D eigenvalue weighted by molar-refractivity contribution is 14.2. The minimum absolute atomic E-state index is 0.908. The van der Waals surface area contributed by atoms with E-state index in [1.807, 2.05) is 0 Å². The maximum atomic E-state index is 3.50. The molecule has 0 aliphatic rings. The minimum Gasteiger partial charge on any atom is -0.282 e. The van der Waals surface area contributed by atoms with Crippen LogP contribution in [0.25, 0.3) is 10.9 Å². The summed E-state index contributed by atoms with van der Waals surface area (Å²) in [6.07, 6.45) is 2.11. The number of alkyl halides is 1. The molecule has 0 aliphatic carbocycles. The van der Waals surface area contributed by atoms with Crippen LogP contribution in [0, 0.1) is 0 Å². The Balaban J connectivity index is 2.76. The van der Waals surface area contributed by atoms with Gasteiger partial charge in [-0.3, -0.25) is 3.97 Å². The van der Waals surface area contributed by atoms with E-state index in [0.29, 0.717) is 0 Å². The van der Waals surface area contributed by atoms with Gasteiger partial charge in [-0.15, -0.1) is 0 Å². The number of nitrogens with zero attached hydrogens (tertiary/aromatic N) is 1. The minimum atomic E-state index is 0.908. The number of benzene rings is 1. The summed E-state index contributed by atoms with van der Waals surface area (Å²) in [5.74, 6) is 0. The summed E-state index contributed by atoms with van der Waals surface area (Å²) in [5, 5.41) is 2.21. The Kier molecular flexibility index (Phi) is 3.21. The van der Waals surface area contributed by atoms with Gasteiger partial charge in [0, 0.05) is 47.2 Å². The number of rotatable bonds is 2. The number of aromatic nitrogens is 1. The van der Waals surface area contributed by atoms with Crippen molar-refractivity contribution in [3.8, 4) is 0 Å².